The fourth-order valence-corrected chi connectivity index (χ4v) is 20.3. The van der Waals surface area contributed by atoms with E-state index in [0.717, 1.165) is 127 Å². The summed E-state index contributed by atoms with van der Waals surface area (Å²) in [6.07, 6.45) is 0. The highest BCUT2D eigenvalue weighted by Crippen LogP contribution is 2.45. The van der Waals surface area contributed by atoms with Crippen LogP contribution in [0.4, 0.5) is 0 Å². The summed E-state index contributed by atoms with van der Waals surface area (Å²) >= 11 is 3.69. The summed E-state index contributed by atoms with van der Waals surface area (Å²) in [6, 6.07) is 159. The van der Waals surface area contributed by atoms with Crippen molar-refractivity contribution in [1.82, 2.24) is 44.9 Å². The Labute approximate surface area is 788 Å². The number of rotatable bonds is 13. The van der Waals surface area contributed by atoms with Crippen molar-refractivity contribution in [1.29, 1.82) is 0 Å². The van der Waals surface area contributed by atoms with Gasteiger partial charge in [0, 0.05) is 101 Å². The summed E-state index contributed by atoms with van der Waals surface area (Å²) in [5, 5.41) is 16.7. The smallest absolute Gasteiger partial charge is 0.164 e. The molecule has 0 N–H and O–H groups in total. The van der Waals surface area contributed by atoms with Gasteiger partial charge in [-0.05, 0) is 173 Å². The van der Waals surface area contributed by atoms with E-state index in [1.807, 2.05) is 126 Å². The van der Waals surface area contributed by atoms with Gasteiger partial charge in [0.15, 0.2) is 52.4 Å². The third-order valence-corrected chi connectivity index (χ3v) is 27.0. The minimum absolute atomic E-state index is 0. The zero-order valence-corrected chi connectivity index (χ0v) is 73.2. The fraction of sp³-hybridized carbons (Fsp3) is 0.0163. The van der Waals surface area contributed by atoms with E-state index in [0.29, 0.717) is 52.4 Å². The first-order valence-corrected chi connectivity index (χ1v) is 46.0. The van der Waals surface area contributed by atoms with Gasteiger partial charge in [-0.3, -0.25) is 0 Å². The molecular weight excluding hydrogens is 1680 g/mol. The van der Waals surface area contributed by atoms with Crippen molar-refractivity contribution in [3.63, 3.8) is 0 Å². The molecule has 0 saturated heterocycles. The van der Waals surface area contributed by atoms with E-state index < -0.39 is 0 Å². The van der Waals surface area contributed by atoms with Crippen LogP contribution in [0.1, 0.15) is 14.9 Å². The molecule has 0 spiro atoms. The van der Waals surface area contributed by atoms with E-state index in [9.17, 15) is 0 Å². The molecule has 0 saturated carbocycles. The van der Waals surface area contributed by atoms with Gasteiger partial charge in [0.1, 0.15) is 11.2 Å². The molecule has 135 heavy (non-hydrogen) atoms. The minimum atomic E-state index is 0. The lowest BCUT2D eigenvalue weighted by Crippen LogP contribution is -2.00. The highest BCUT2D eigenvalue weighted by molar-refractivity contribution is 7.26. The first kappa shape index (κ1) is 83.3. The van der Waals surface area contributed by atoms with E-state index in [1.165, 1.54) is 73.2 Å². The molecule has 6 heterocycles. The Morgan fingerprint density at radius 3 is 1.00 bits per heavy atom. The van der Waals surface area contributed by atoms with Gasteiger partial charge in [0.2, 0.25) is 0 Å². The molecule has 0 aliphatic carbocycles. The molecule has 6 aromatic heterocycles. The second-order valence-corrected chi connectivity index (χ2v) is 35.2. The van der Waals surface area contributed by atoms with Crippen LogP contribution >= 0.6 is 22.7 Å². The molecular formula is C123H83N9OS2. The summed E-state index contributed by atoms with van der Waals surface area (Å²) in [4.78, 5) is 44.9. The summed E-state index contributed by atoms with van der Waals surface area (Å²) in [7, 11) is 0. The summed E-state index contributed by atoms with van der Waals surface area (Å²) in [6.45, 7) is 0. The van der Waals surface area contributed by atoms with Crippen LogP contribution in [-0.4, -0.2) is 44.9 Å². The minimum Gasteiger partial charge on any atom is -0.456 e. The average molecular weight is 1770 g/mol. The predicted octanol–water partition coefficient (Wildman–Crippen LogP) is 33.8. The van der Waals surface area contributed by atoms with Gasteiger partial charge < -0.3 is 4.42 Å². The maximum Gasteiger partial charge on any atom is 0.164 e. The first-order chi connectivity index (χ1) is 65.8. The van der Waals surface area contributed by atoms with Crippen molar-refractivity contribution >= 4 is 128 Å². The van der Waals surface area contributed by atoms with Crippen LogP contribution in [0.3, 0.4) is 0 Å². The Morgan fingerprint density at radius 1 is 0.148 bits per heavy atom. The standard InChI is InChI=1S/C41H25N3O.C41H25N3S.C39H25N3S.2CH4/c1-2-11-27(12-3-1)39-42-40(30-19-18-26-10-4-5-13-28(26)24-30)44-41(43-39)35-22-21-31(32-14-6-7-15-33(32)35)29-20-23-38-36(25-29)34-16-8-9-17-37(34)45-38;1-3-9-30-23-33(19-15-26(30)7-1)40-42-39(43-41(44-40)34-20-16-27-8-2-4-10-31(27)24-34)29-17-13-28(14-18-29)32-21-22-38-36(25-32)35-11-5-6-12-37(35)45-38;1-3-12-26(13-4-1)37-40-38(27-14-5-2-6-15-27)42-39(41-37)31-19-10-17-29(25-31)28-16-9-18-30(24-28)32-21-11-23-35-36(32)33-20-7-8-22-34(33)43-35;;/h2*1-25H;1-25H;2*1H4. The van der Waals surface area contributed by atoms with Gasteiger partial charge in [0.05, 0.1) is 0 Å². The maximum atomic E-state index is 6.10. The number of para-hydroxylation sites is 1. The van der Waals surface area contributed by atoms with Crippen molar-refractivity contribution in [2.24, 2.45) is 0 Å². The van der Waals surface area contributed by atoms with Gasteiger partial charge in [-0.15, -0.1) is 22.7 Å². The lowest BCUT2D eigenvalue weighted by molar-refractivity contribution is 0.669. The molecule has 0 radical (unpaired) electrons. The van der Waals surface area contributed by atoms with Crippen LogP contribution in [0.15, 0.2) is 459 Å². The van der Waals surface area contributed by atoms with E-state index in [1.54, 1.807) is 0 Å². The highest BCUT2D eigenvalue weighted by Gasteiger charge is 2.22. The van der Waals surface area contributed by atoms with Crippen LogP contribution in [0.5, 0.6) is 0 Å². The number of hydrogen-bond acceptors (Lipinski definition) is 12. The number of fused-ring (bicyclic) bond motifs is 13. The molecule has 0 amide bonds. The maximum absolute atomic E-state index is 6.10. The Morgan fingerprint density at radius 2 is 0.459 bits per heavy atom. The van der Waals surface area contributed by atoms with Crippen molar-refractivity contribution in [3.05, 3.63) is 455 Å². The molecule has 0 fully saturated rings. The van der Waals surface area contributed by atoms with Gasteiger partial charge in [0.25, 0.3) is 0 Å². The van der Waals surface area contributed by atoms with Crippen LogP contribution < -0.4 is 0 Å². The van der Waals surface area contributed by atoms with Crippen LogP contribution in [0, 0.1) is 0 Å². The van der Waals surface area contributed by atoms with Crippen molar-refractivity contribution < 1.29 is 4.42 Å². The molecule has 638 valence electrons. The second-order valence-electron chi connectivity index (χ2n) is 33.0. The van der Waals surface area contributed by atoms with E-state index >= 15 is 0 Å². The summed E-state index contributed by atoms with van der Waals surface area (Å²) < 4.78 is 11.4. The zero-order valence-electron chi connectivity index (χ0n) is 71.6. The number of hydrogen-bond donors (Lipinski definition) is 0. The lowest BCUT2D eigenvalue weighted by atomic mass is 9.94. The lowest BCUT2D eigenvalue weighted by Gasteiger charge is -2.13. The van der Waals surface area contributed by atoms with Crippen molar-refractivity contribution in [3.8, 4) is 147 Å². The number of nitrogens with zero attached hydrogens (tertiary/aromatic N) is 9. The number of benzene rings is 20. The highest BCUT2D eigenvalue weighted by atomic mass is 32.1. The quantitative estimate of drug-likeness (QED) is 0.110. The molecule has 0 bridgehead atoms. The number of aromatic nitrogens is 9. The summed E-state index contributed by atoms with van der Waals surface area (Å²) in [5.41, 5.74) is 19.8. The second kappa shape index (κ2) is 36.2. The largest absolute Gasteiger partial charge is 0.456 e. The number of thiophene rings is 2. The van der Waals surface area contributed by atoms with E-state index in [2.05, 4.69) is 352 Å². The Bertz CT molecular complexity index is 8830. The monoisotopic (exact) mass is 1770 g/mol. The summed E-state index contributed by atoms with van der Waals surface area (Å²) in [5.74, 6) is 5.89. The van der Waals surface area contributed by atoms with Gasteiger partial charge in [-0.25, -0.2) is 44.9 Å². The zero-order chi connectivity index (χ0) is 88.1. The molecule has 12 heteroatoms. The van der Waals surface area contributed by atoms with E-state index in [4.69, 9.17) is 49.3 Å². The van der Waals surface area contributed by atoms with Crippen LogP contribution in [-0.2, 0) is 0 Å². The van der Waals surface area contributed by atoms with Gasteiger partial charge in [-0.2, -0.15) is 0 Å². The normalized spacial score (nSPS) is 11.3. The third-order valence-electron chi connectivity index (χ3n) is 24.8. The Hall–Kier alpha value is -17.3. The van der Waals surface area contributed by atoms with Crippen LogP contribution in [0.2, 0.25) is 0 Å². The van der Waals surface area contributed by atoms with E-state index in [-0.39, 0.29) is 14.9 Å². The molecule has 0 unspecified atom stereocenters. The molecule has 0 atom stereocenters. The van der Waals surface area contributed by atoms with Gasteiger partial charge >= 0.3 is 0 Å². The molecule has 20 aromatic carbocycles. The van der Waals surface area contributed by atoms with Crippen LogP contribution in [0.25, 0.3) is 252 Å². The first-order valence-electron chi connectivity index (χ1n) is 44.3. The topological polar surface area (TPSA) is 129 Å². The molecule has 0 aliphatic heterocycles. The Kier molecular flexibility index (Phi) is 22.4. The Balaban J connectivity index is 0.000000117. The predicted molar refractivity (Wildman–Crippen MR) is 567 cm³/mol. The molecule has 26 rings (SSSR count). The number of furan rings is 1. The van der Waals surface area contributed by atoms with Crippen molar-refractivity contribution in [2.75, 3.05) is 0 Å². The fourth-order valence-electron chi connectivity index (χ4n) is 18.1. The molecule has 26 aromatic rings. The van der Waals surface area contributed by atoms with Gasteiger partial charge in [-0.1, -0.05) is 385 Å². The average Bonchev–Trinajstić information content (AvgIpc) is 1.69. The molecule has 10 nitrogen and oxygen atoms in total. The van der Waals surface area contributed by atoms with Crippen molar-refractivity contribution in [2.45, 2.75) is 14.9 Å². The SMILES string of the molecule is C.C.c1ccc(-c2nc(-c3ccc4ccccc4c3)nc(-c3ccc(-c4ccc5oc6ccccc6c5c4)c4ccccc34)n2)cc1.c1ccc(-c2nc(-c3ccccc3)nc(-c3cccc(-c4cccc(-c5cccc6sc7ccccc7c56)c4)c3)n2)cc1.c1ccc2cc(-c3nc(-c4ccc(-c5ccc6sc7ccccc7c6c5)cc4)nc(-c4ccc5ccccc5c4)n3)ccc2c1. The molecule has 0 aliphatic rings. The third kappa shape index (κ3) is 16.4.